The average Bonchev–Trinajstić information content (AvgIpc) is 3.60. The molecule has 2 saturated heterocycles. The third-order valence-electron chi connectivity index (χ3n) is 7.35. The minimum Gasteiger partial charge on any atom is -0.496 e. The van der Waals surface area contributed by atoms with Gasteiger partial charge in [0.2, 0.25) is 0 Å². The Morgan fingerprint density at radius 3 is 2.89 bits per heavy atom. The number of hydrogen-bond donors (Lipinski definition) is 2. The predicted octanol–water partition coefficient (Wildman–Crippen LogP) is 4.61. The fourth-order valence-electron chi connectivity index (χ4n) is 5.47. The summed E-state index contributed by atoms with van der Waals surface area (Å²) in [6.45, 7) is 2.88. The summed E-state index contributed by atoms with van der Waals surface area (Å²) in [6, 6.07) is 9.54. The van der Waals surface area contributed by atoms with E-state index in [2.05, 4.69) is 22.6 Å². The minimum atomic E-state index is -0.263. The van der Waals surface area contributed by atoms with Crippen molar-refractivity contribution in [3.05, 3.63) is 53.5 Å². The van der Waals surface area contributed by atoms with Gasteiger partial charge in [-0.1, -0.05) is 17.4 Å². The Morgan fingerprint density at radius 2 is 2.14 bits per heavy atom. The van der Waals surface area contributed by atoms with Gasteiger partial charge in [0, 0.05) is 36.5 Å². The van der Waals surface area contributed by atoms with Gasteiger partial charge in [0.05, 0.1) is 28.6 Å². The molecule has 0 bridgehead atoms. The lowest BCUT2D eigenvalue weighted by atomic mass is 10.0. The monoisotopic (exact) mass is 507 g/mol. The van der Waals surface area contributed by atoms with Crippen LogP contribution in [0.15, 0.2) is 36.5 Å². The van der Waals surface area contributed by atoms with Crippen LogP contribution < -0.4 is 15.4 Å². The van der Waals surface area contributed by atoms with Crippen LogP contribution in [0.1, 0.15) is 47.6 Å². The highest BCUT2D eigenvalue weighted by atomic mass is 32.1. The molecule has 2 N–H and O–H groups in total. The van der Waals surface area contributed by atoms with Crippen LogP contribution in [-0.2, 0) is 0 Å². The van der Waals surface area contributed by atoms with Crippen LogP contribution >= 0.6 is 11.3 Å². The fourth-order valence-corrected chi connectivity index (χ4v) is 6.50. The van der Waals surface area contributed by atoms with E-state index in [0.717, 1.165) is 66.1 Å². The summed E-state index contributed by atoms with van der Waals surface area (Å²) in [5.74, 6) is 0.125. The van der Waals surface area contributed by atoms with Crippen LogP contribution in [0.5, 0.6) is 5.75 Å². The number of methoxy groups -OCH3 is 1. The van der Waals surface area contributed by atoms with Crippen LogP contribution in [0.4, 0.5) is 4.39 Å². The number of fused-ring (bicyclic) bond motifs is 3. The molecular weight excluding hydrogens is 477 g/mol. The average molecular weight is 508 g/mol. The molecular formula is C27H30FN5O2S. The number of carbonyl (C=O) groups excluding carboxylic acids is 1. The summed E-state index contributed by atoms with van der Waals surface area (Å²) in [6.07, 6.45) is 6.05. The van der Waals surface area contributed by atoms with E-state index in [0.29, 0.717) is 22.6 Å². The second kappa shape index (κ2) is 9.46. The largest absolute Gasteiger partial charge is 0.496 e. The summed E-state index contributed by atoms with van der Waals surface area (Å²) in [5.41, 5.74) is 3.46. The molecule has 188 valence electrons. The number of amides is 1. The van der Waals surface area contributed by atoms with Crippen molar-refractivity contribution in [3.63, 3.8) is 0 Å². The topological polar surface area (TPSA) is 70.9 Å². The lowest BCUT2D eigenvalue weighted by Crippen LogP contribution is -2.46. The quantitative estimate of drug-likeness (QED) is 0.413. The number of thiazole rings is 1. The smallest absolute Gasteiger partial charge is 0.255 e. The molecule has 2 aliphatic heterocycles. The van der Waals surface area contributed by atoms with Gasteiger partial charge in [-0.3, -0.25) is 9.20 Å². The van der Waals surface area contributed by atoms with Gasteiger partial charge in [0.25, 0.3) is 5.91 Å². The number of piperidine rings is 1. The maximum atomic E-state index is 15.1. The summed E-state index contributed by atoms with van der Waals surface area (Å²) in [5, 5.41) is 6.59. The number of ether oxygens (including phenoxy) is 1. The van der Waals surface area contributed by atoms with Crippen molar-refractivity contribution in [2.24, 2.45) is 0 Å². The molecule has 1 amide bonds. The number of carbonyl (C=O) groups is 1. The van der Waals surface area contributed by atoms with Crippen molar-refractivity contribution in [2.45, 2.75) is 37.8 Å². The molecule has 0 aliphatic carbocycles. The zero-order chi connectivity index (χ0) is 24.8. The van der Waals surface area contributed by atoms with Crippen LogP contribution in [0.25, 0.3) is 26.4 Å². The molecule has 2 aromatic carbocycles. The zero-order valence-corrected chi connectivity index (χ0v) is 21.3. The van der Waals surface area contributed by atoms with E-state index in [1.807, 2.05) is 34.9 Å². The number of rotatable bonds is 5. The normalized spacial score (nSPS) is 20.9. The lowest BCUT2D eigenvalue weighted by Gasteiger charge is -2.30. The maximum absolute atomic E-state index is 15.1. The van der Waals surface area contributed by atoms with Crippen molar-refractivity contribution < 1.29 is 13.9 Å². The van der Waals surface area contributed by atoms with Gasteiger partial charge in [0.15, 0.2) is 4.96 Å². The first-order chi connectivity index (χ1) is 17.5. The number of likely N-dealkylation sites (tertiary alicyclic amines) is 1. The number of imidazole rings is 1. The molecule has 36 heavy (non-hydrogen) atoms. The molecule has 2 aromatic heterocycles. The van der Waals surface area contributed by atoms with E-state index in [9.17, 15) is 4.79 Å². The highest BCUT2D eigenvalue weighted by Crippen LogP contribution is 2.35. The fraction of sp³-hybridized carbons (Fsp3) is 0.407. The Labute approximate surface area is 213 Å². The number of nitrogens with zero attached hydrogens (tertiary/aromatic N) is 3. The number of likely N-dealkylation sites (N-methyl/N-ethyl adjacent to an activating group) is 1. The second-order valence-electron chi connectivity index (χ2n) is 9.86. The van der Waals surface area contributed by atoms with E-state index < -0.39 is 0 Å². The molecule has 9 heteroatoms. The van der Waals surface area contributed by atoms with Crippen molar-refractivity contribution in [3.8, 4) is 17.0 Å². The number of hydrogen-bond acceptors (Lipinski definition) is 6. The first kappa shape index (κ1) is 23.4. The first-order valence-electron chi connectivity index (χ1n) is 12.5. The number of benzene rings is 2. The molecule has 4 heterocycles. The van der Waals surface area contributed by atoms with Crippen LogP contribution in [0.2, 0.25) is 0 Å². The number of nitrogens with one attached hydrogen (secondary N) is 2. The Hall–Kier alpha value is -3.01. The second-order valence-corrected chi connectivity index (χ2v) is 10.9. The standard InChI is InChI=1S/C27H30FN5O2S/c1-32-10-4-5-17(14-32)30-26(34)19-12-25-23(13-24(19)35-2)33-15-22(31-27(33)36-25)18-8-7-16(11-20(18)28)21-6-3-9-29-21/h7-8,11-13,15,17,21,29H,3-6,9-10,14H2,1-2H3,(H,30,34)/t17-,21?/m0/s1. The molecule has 0 spiro atoms. The molecule has 4 aromatic rings. The van der Waals surface area contributed by atoms with Crippen molar-refractivity contribution >= 4 is 32.4 Å². The predicted molar refractivity (Wildman–Crippen MR) is 140 cm³/mol. The van der Waals surface area contributed by atoms with E-state index in [1.54, 1.807) is 13.2 Å². The Kier molecular flexibility index (Phi) is 6.15. The van der Waals surface area contributed by atoms with Gasteiger partial charge in [-0.15, -0.1) is 0 Å². The molecule has 0 saturated carbocycles. The Bertz CT molecular complexity index is 1440. The summed E-state index contributed by atoms with van der Waals surface area (Å²) in [7, 11) is 3.65. The Morgan fingerprint density at radius 1 is 1.25 bits per heavy atom. The first-order valence-corrected chi connectivity index (χ1v) is 13.3. The van der Waals surface area contributed by atoms with E-state index in [1.165, 1.54) is 11.3 Å². The van der Waals surface area contributed by atoms with Gasteiger partial charge in [-0.25, -0.2) is 9.37 Å². The summed E-state index contributed by atoms with van der Waals surface area (Å²) < 4.78 is 23.6. The van der Waals surface area contributed by atoms with Crippen LogP contribution in [0, 0.1) is 5.82 Å². The number of aromatic nitrogens is 2. The van der Waals surface area contributed by atoms with Gasteiger partial charge in [0.1, 0.15) is 11.6 Å². The third-order valence-corrected chi connectivity index (χ3v) is 8.37. The van der Waals surface area contributed by atoms with Gasteiger partial charge in [-0.2, -0.15) is 0 Å². The van der Waals surface area contributed by atoms with Gasteiger partial charge >= 0.3 is 0 Å². The highest BCUT2D eigenvalue weighted by molar-refractivity contribution is 7.23. The third kappa shape index (κ3) is 4.25. The van der Waals surface area contributed by atoms with Crippen molar-refractivity contribution in [1.29, 1.82) is 0 Å². The van der Waals surface area contributed by atoms with E-state index >= 15 is 4.39 Å². The Balaban J connectivity index is 1.31. The molecule has 7 nitrogen and oxygen atoms in total. The number of halogens is 1. The van der Waals surface area contributed by atoms with Crippen LogP contribution in [-0.4, -0.2) is 60.0 Å². The van der Waals surface area contributed by atoms with Gasteiger partial charge in [-0.05, 0) is 69.6 Å². The minimum absolute atomic E-state index is 0.125. The van der Waals surface area contributed by atoms with E-state index in [4.69, 9.17) is 9.72 Å². The van der Waals surface area contributed by atoms with Gasteiger partial charge < -0.3 is 20.3 Å². The van der Waals surface area contributed by atoms with E-state index in [-0.39, 0.29) is 23.8 Å². The molecule has 0 radical (unpaired) electrons. The summed E-state index contributed by atoms with van der Waals surface area (Å²) >= 11 is 1.48. The molecule has 2 aliphatic rings. The molecule has 2 atom stereocenters. The van der Waals surface area contributed by atoms with Crippen molar-refractivity contribution in [1.82, 2.24) is 24.9 Å². The summed E-state index contributed by atoms with van der Waals surface area (Å²) in [4.78, 5) is 20.8. The molecule has 1 unspecified atom stereocenters. The molecule has 2 fully saturated rings. The lowest BCUT2D eigenvalue weighted by molar-refractivity contribution is 0.0909. The molecule has 6 rings (SSSR count). The zero-order valence-electron chi connectivity index (χ0n) is 20.5. The maximum Gasteiger partial charge on any atom is 0.255 e. The van der Waals surface area contributed by atoms with Crippen LogP contribution in [0.3, 0.4) is 0 Å². The SMILES string of the molecule is COc1cc2c(cc1C(=O)N[C@H]1CCCN(C)C1)sc1nc(-c3ccc(C4CCCN4)cc3F)cn12. The van der Waals surface area contributed by atoms with Crippen molar-refractivity contribution in [2.75, 3.05) is 33.8 Å². The highest BCUT2D eigenvalue weighted by Gasteiger charge is 2.24.